The molecule has 0 spiro atoms. The average Bonchev–Trinajstić information content (AvgIpc) is 2.74. The monoisotopic (exact) mass is 261 g/mol. The van der Waals surface area contributed by atoms with Crippen molar-refractivity contribution < 1.29 is 9.15 Å². The van der Waals surface area contributed by atoms with Gasteiger partial charge in [-0.2, -0.15) is 0 Å². The smallest absolute Gasteiger partial charge is 0.134 e. The third kappa shape index (κ3) is 3.58. The summed E-state index contributed by atoms with van der Waals surface area (Å²) in [4.78, 5) is 0. The van der Waals surface area contributed by atoms with Gasteiger partial charge in [-0.05, 0) is 25.5 Å². The number of hydrogen-bond acceptors (Lipinski definition) is 3. The Hall–Kier alpha value is -1.32. The summed E-state index contributed by atoms with van der Waals surface area (Å²) in [6, 6.07) is 8.15. The Morgan fingerprint density at radius 3 is 2.79 bits per heavy atom. The van der Waals surface area contributed by atoms with Gasteiger partial charge in [-0.1, -0.05) is 32.0 Å². The van der Waals surface area contributed by atoms with Crippen LogP contribution in [-0.2, 0) is 17.9 Å². The molecule has 0 radical (unpaired) electrons. The highest BCUT2D eigenvalue weighted by molar-refractivity contribution is 5.82. The second kappa shape index (κ2) is 6.73. The molecular weight excluding hydrogens is 238 g/mol. The standard InChI is InChI=1S/C16H23NO2/c1-4-18-11-14-13-7-5-6-8-15(13)19-16(14)10-17-9-12(2)3/h5-8,12,17H,4,9-11H2,1-3H3. The maximum Gasteiger partial charge on any atom is 0.134 e. The number of ether oxygens (including phenoxy) is 1. The summed E-state index contributed by atoms with van der Waals surface area (Å²) in [7, 11) is 0. The molecule has 0 amide bonds. The van der Waals surface area contributed by atoms with Crippen LogP contribution >= 0.6 is 0 Å². The largest absolute Gasteiger partial charge is 0.459 e. The lowest BCUT2D eigenvalue weighted by atomic mass is 10.1. The van der Waals surface area contributed by atoms with Crippen LogP contribution in [0.4, 0.5) is 0 Å². The third-order valence-corrected chi connectivity index (χ3v) is 3.07. The van der Waals surface area contributed by atoms with Gasteiger partial charge in [0.2, 0.25) is 0 Å². The molecule has 0 bridgehead atoms. The predicted octanol–water partition coefficient (Wildman–Crippen LogP) is 3.71. The minimum atomic E-state index is 0.617. The zero-order chi connectivity index (χ0) is 13.7. The van der Waals surface area contributed by atoms with Crippen molar-refractivity contribution in [2.75, 3.05) is 13.2 Å². The summed E-state index contributed by atoms with van der Waals surface area (Å²) < 4.78 is 11.5. The van der Waals surface area contributed by atoms with Gasteiger partial charge in [0.25, 0.3) is 0 Å². The molecule has 0 unspecified atom stereocenters. The normalized spacial score (nSPS) is 11.6. The Morgan fingerprint density at radius 1 is 1.26 bits per heavy atom. The van der Waals surface area contributed by atoms with E-state index < -0.39 is 0 Å². The molecule has 2 aromatic rings. The fourth-order valence-electron chi connectivity index (χ4n) is 2.13. The molecule has 1 heterocycles. The van der Waals surface area contributed by atoms with Gasteiger partial charge in [-0.15, -0.1) is 0 Å². The van der Waals surface area contributed by atoms with Crippen molar-refractivity contribution in [1.82, 2.24) is 5.32 Å². The molecule has 0 atom stereocenters. The molecule has 1 N–H and O–H groups in total. The second-order valence-electron chi connectivity index (χ2n) is 5.16. The zero-order valence-corrected chi connectivity index (χ0v) is 12.0. The van der Waals surface area contributed by atoms with E-state index in [4.69, 9.17) is 9.15 Å². The van der Waals surface area contributed by atoms with Crippen molar-refractivity contribution in [3.63, 3.8) is 0 Å². The average molecular weight is 261 g/mol. The van der Waals surface area contributed by atoms with Crippen LogP contribution in [0.2, 0.25) is 0 Å². The van der Waals surface area contributed by atoms with Gasteiger partial charge in [-0.25, -0.2) is 0 Å². The van der Waals surface area contributed by atoms with E-state index in [1.54, 1.807) is 0 Å². The molecule has 0 aliphatic carbocycles. The van der Waals surface area contributed by atoms with Crippen molar-refractivity contribution >= 4 is 11.0 Å². The maximum absolute atomic E-state index is 5.94. The van der Waals surface area contributed by atoms with Gasteiger partial charge in [0.15, 0.2) is 0 Å². The molecule has 2 rings (SSSR count). The van der Waals surface area contributed by atoms with Crippen molar-refractivity contribution in [2.24, 2.45) is 5.92 Å². The lowest BCUT2D eigenvalue weighted by Crippen LogP contribution is -2.19. The number of benzene rings is 1. The van der Waals surface area contributed by atoms with Crippen molar-refractivity contribution in [3.05, 3.63) is 35.6 Å². The molecule has 0 saturated heterocycles. The summed E-state index contributed by atoms with van der Waals surface area (Å²) in [6.07, 6.45) is 0. The topological polar surface area (TPSA) is 34.4 Å². The quantitative estimate of drug-likeness (QED) is 0.825. The van der Waals surface area contributed by atoms with Crippen molar-refractivity contribution in [2.45, 2.75) is 33.9 Å². The molecule has 0 fully saturated rings. The zero-order valence-electron chi connectivity index (χ0n) is 12.0. The first-order valence-electron chi connectivity index (χ1n) is 7.00. The van der Waals surface area contributed by atoms with Gasteiger partial charge >= 0.3 is 0 Å². The van der Waals surface area contributed by atoms with E-state index in [2.05, 4.69) is 25.2 Å². The molecule has 3 heteroatoms. The van der Waals surface area contributed by atoms with Crippen molar-refractivity contribution in [1.29, 1.82) is 0 Å². The van der Waals surface area contributed by atoms with Crippen LogP contribution in [0.5, 0.6) is 0 Å². The number of hydrogen-bond donors (Lipinski definition) is 1. The summed E-state index contributed by atoms with van der Waals surface area (Å²) >= 11 is 0. The summed E-state index contributed by atoms with van der Waals surface area (Å²) in [6.45, 7) is 9.50. The van der Waals surface area contributed by atoms with E-state index in [9.17, 15) is 0 Å². The third-order valence-electron chi connectivity index (χ3n) is 3.07. The Labute approximate surface area is 114 Å². The molecule has 0 saturated carbocycles. The van der Waals surface area contributed by atoms with E-state index in [0.717, 1.165) is 36.4 Å². The predicted molar refractivity (Wildman–Crippen MR) is 78.1 cm³/mol. The van der Waals surface area contributed by atoms with Crippen molar-refractivity contribution in [3.8, 4) is 0 Å². The lowest BCUT2D eigenvalue weighted by molar-refractivity contribution is 0.133. The number of rotatable bonds is 7. The Morgan fingerprint density at radius 2 is 2.05 bits per heavy atom. The first kappa shape index (κ1) is 14.1. The number of fused-ring (bicyclic) bond motifs is 1. The molecule has 19 heavy (non-hydrogen) atoms. The first-order chi connectivity index (χ1) is 9.22. The van der Waals surface area contributed by atoms with Gasteiger partial charge in [0.05, 0.1) is 13.2 Å². The number of furan rings is 1. The van der Waals surface area contributed by atoms with E-state index in [0.29, 0.717) is 12.5 Å². The fourth-order valence-corrected chi connectivity index (χ4v) is 2.13. The van der Waals surface area contributed by atoms with E-state index in [-0.39, 0.29) is 0 Å². The second-order valence-corrected chi connectivity index (χ2v) is 5.16. The van der Waals surface area contributed by atoms with E-state index in [1.165, 1.54) is 5.56 Å². The van der Waals surface area contributed by atoms with Gasteiger partial charge in [-0.3, -0.25) is 0 Å². The molecular formula is C16H23NO2. The maximum atomic E-state index is 5.94. The molecule has 0 aliphatic rings. The van der Waals surface area contributed by atoms with Crippen LogP contribution < -0.4 is 5.32 Å². The van der Waals surface area contributed by atoms with Crippen LogP contribution in [0.1, 0.15) is 32.1 Å². The molecule has 104 valence electrons. The molecule has 0 aliphatic heterocycles. The molecule has 1 aromatic heterocycles. The van der Waals surface area contributed by atoms with E-state index in [1.807, 2.05) is 25.1 Å². The Balaban J connectivity index is 2.19. The highest BCUT2D eigenvalue weighted by Gasteiger charge is 2.13. The van der Waals surface area contributed by atoms with Crippen LogP contribution in [-0.4, -0.2) is 13.2 Å². The van der Waals surface area contributed by atoms with E-state index >= 15 is 0 Å². The number of para-hydroxylation sites is 1. The van der Waals surface area contributed by atoms with Gasteiger partial charge in [0.1, 0.15) is 11.3 Å². The SMILES string of the molecule is CCOCc1c(CNCC(C)C)oc2ccccc12. The highest BCUT2D eigenvalue weighted by Crippen LogP contribution is 2.26. The van der Waals surface area contributed by atoms with Crippen LogP contribution in [0.15, 0.2) is 28.7 Å². The summed E-state index contributed by atoms with van der Waals surface area (Å²) in [5.74, 6) is 1.63. The van der Waals surface area contributed by atoms with Crippen LogP contribution in [0.3, 0.4) is 0 Å². The summed E-state index contributed by atoms with van der Waals surface area (Å²) in [5.41, 5.74) is 2.12. The first-order valence-corrected chi connectivity index (χ1v) is 7.00. The number of nitrogens with one attached hydrogen (secondary N) is 1. The van der Waals surface area contributed by atoms with Gasteiger partial charge in [0, 0.05) is 17.6 Å². The summed E-state index contributed by atoms with van der Waals surface area (Å²) in [5, 5.41) is 4.59. The fraction of sp³-hybridized carbons (Fsp3) is 0.500. The Bertz CT molecular complexity index is 516. The molecule has 3 nitrogen and oxygen atoms in total. The minimum absolute atomic E-state index is 0.617. The van der Waals surface area contributed by atoms with Crippen LogP contribution in [0, 0.1) is 5.92 Å². The highest BCUT2D eigenvalue weighted by atomic mass is 16.5. The van der Waals surface area contributed by atoms with Gasteiger partial charge < -0.3 is 14.5 Å². The Kier molecular flexibility index (Phi) is 5.00. The minimum Gasteiger partial charge on any atom is -0.459 e. The lowest BCUT2D eigenvalue weighted by Gasteiger charge is -2.07. The van der Waals surface area contributed by atoms with Crippen LogP contribution in [0.25, 0.3) is 11.0 Å². The molecule has 1 aromatic carbocycles.